The van der Waals surface area contributed by atoms with Crippen molar-refractivity contribution in [3.05, 3.63) is 47.5 Å². The lowest BCUT2D eigenvalue weighted by atomic mass is 10.2. The number of benzene rings is 1. The fourth-order valence-electron chi connectivity index (χ4n) is 2.87. The van der Waals surface area contributed by atoms with Crippen molar-refractivity contribution in [1.82, 2.24) is 14.9 Å². The molecule has 0 aliphatic carbocycles. The van der Waals surface area contributed by atoms with Crippen molar-refractivity contribution in [1.29, 1.82) is 0 Å². The summed E-state index contributed by atoms with van der Waals surface area (Å²) < 4.78 is 13.9. The van der Waals surface area contributed by atoms with Crippen LogP contribution in [-0.4, -0.2) is 52.7 Å². The summed E-state index contributed by atoms with van der Waals surface area (Å²) >= 11 is 1.52. The molecule has 1 aromatic heterocycles. The molecule has 1 fully saturated rings. The van der Waals surface area contributed by atoms with Crippen LogP contribution < -0.4 is 4.90 Å². The number of piperazine rings is 1. The number of carbonyl (C=O) groups is 1. The van der Waals surface area contributed by atoms with Gasteiger partial charge in [-0.3, -0.25) is 4.79 Å². The third-order valence-corrected chi connectivity index (χ3v) is 4.82. The van der Waals surface area contributed by atoms with Crippen molar-refractivity contribution < 1.29 is 9.18 Å². The van der Waals surface area contributed by atoms with Crippen molar-refractivity contribution in [3.63, 3.8) is 0 Å². The number of carbonyl (C=O) groups excluding carboxylic acids is 1. The fraction of sp³-hybridized carbons (Fsp3) is 0.389. The first-order valence-electron chi connectivity index (χ1n) is 8.35. The Balaban J connectivity index is 1.69. The van der Waals surface area contributed by atoms with Gasteiger partial charge in [0.15, 0.2) is 5.16 Å². The second-order valence-electron chi connectivity index (χ2n) is 5.84. The Morgan fingerprint density at radius 1 is 1.20 bits per heavy atom. The highest BCUT2D eigenvalue weighted by atomic mass is 32.2. The zero-order valence-electron chi connectivity index (χ0n) is 14.4. The number of amides is 1. The van der Waals surface area contributed by atoms with Gasteiger partial charge in [-0.15, -0.1) is 0 Å². The van der Waals surface area contributed by atoms with Gasteiger partial charge in [-0.25, -0.2) is 14.4 Å². The summed E-state index contributed by atoms with van der Waals surface area (Å²) in [5.41, 5.74) is 1.82. The number of hydrogen-bond donors (Lipinski definition) is 0. The SMILES string of the molecule is CCSc1nc(C)cc(C(=O)N2CCN(c3ccccc3F)CC2)n1. The van der Waals surface area contributed by atoms with Gasteiger partial charge in [-0.05, 0) is 30.9 Å². The lowest BCUT2D eigenvalue weighted by Crippen LogP contribution is -2.49. The highest BCUT2D eigenvalue weighted by molar-refractivity contribution is 7.99. The summed E-state index contributed by atoms with van der Waals surface area (Å²) in [6, 6.07) is 8.47. The van der Waals surface area contributed by atoms with Crippen molar-refractivity contribution in [2.75, 3.05) is 36.8 Å². The molecule has 0 bridgehead atoms. The number of anilines is 1. The van der Waals surface area contributed by atoms with Gasteiger partial charge in [0.1, 0.15) is 11.5 Å². The third kappa shape index (κ3) is 4.10. The minimum Gasteiger partial charge on any atom is -0.366 e. The fourth-order valence-corrected chi connectivity index (χ4v) is 3.49. The largest absolute Gasteiger partial charge is 0.366 e. The molecule has 3 rings (SSSR count). The zero-order chi connectivity index (χ0) is 17.8. The molecule has 0 unspecified atom stereocenters. The monoisotopic (exact) mass is 360 g/mol. The van der Waals surface area contributed by atoms with Gasteiger partial charge in [0.05, 0.1) is 5.69 Å². The minimum absolute atomic E-state index is 0.0864. The molecule has 5 nitrogen and oxygen atoms in total. The molecular formula is C18H21FN4OS. The van der Waals surface area contributed by atoms with Crippen molar-refractivity contribution >= 4 is 23.4 Å². The molecule has 0 radical (unpaired) electrons. The molecule has 7 heteroatoms. The first-order chi connectivity index (χ1) is 12.1. The van der Waals surface area contributed by atoms with E-state index in [-0.39, 0.29) is 11.7 Å². The normalized spacial score (nSPS) is 14.7. The quantitative estimate of drug-likeness (QED) is 0.620. The Kier molecular flexibility index (Phi) is 5.53. The smallest absolute Gasteiger partial charge is 0.272 e. The molecule has 1 saturated heterocycles. The first kappa shape index (κ1) is 17.7. The van der Waals surface area contributed by atoms with Gasteiger partial charge in [0.25, 0.3) is 5.91 Å². The molecule has 0 saturated carbocycles. The van der Waals surface area contributed by atoms with Crippen LogP contribution in [0.2, 0.25) is 0 Å². The van der Waals surface area contributed by atoms with Crippen LogP contribution in [0.4, 0.5) is 10.1 Å². The number of nitrogens with zero attached hydrogens (tertiary/aromatic N) is 4. The molecule has 25 heavy (non-hydrogen) atoms. The first-order valence-corrected chi connectivity index (χ1v) is 9.34. The average molecular weight is 360 g/mol. The zero-order valence-corrected chi connectivity index (χ0v) is 15.2. The van der Waals surface area contributed by atoms with Crippen LogP contribution >= 0.6 is 11.8 Å². The topological polar surface area (TPSA) is 49.3 Å². The number of halogens is 1. The second kappa shape index (κ2) is 7.82. The Hall–Kier alpha value is -2.15. The average Bonchev–Trinajstić information content (AvgIpc) is 2.61. The number of para-hydroxylation sites is 1. The maximum Gasteiger partial charge on any atom is 0.272 e. The second-order valence-corrected chi connectivity index (χ2v) is 7.07. The summed E-state index contributed by atoms with van der Waals surface area (Å²) in [6.45, 7) is 6.20. The van der Waals surface area contributed by atoms with E-state index in [4.69, 9.17) is 0 Å². The molecule has 0 atom stereocenters. The van der Waals surface area contributed by atoms with E-state index in [1.807, 2.05) is 24.8 Å². The summed E-state index contributed by atoms with van der Waals surface area (Å²) in [7, 11) is 0. The Labute approximate surface area is 151 Å². The maximum absolute atomic E-state index is 13.9. The molecule has 0 spiro atoms. The standard InChI is InChI=1S/C18H21FN4OS/c1-3-25-18-20-13(2)12-15(21-18)17(24)23-10-8-22(9-11-23)16-7-5-4-6-14(16)19/h4-7,12H,3,8-11H2,1-2H3. The lowest BCUT2D eigenvalue weighted by molar-refractivity contribution is 0.0739. The van der Waals surface area contributed by atoms with Gasteiger partial charge >= 0.3 is 0 Å². The van der Waals surface area contributed by atoms with Crippen molar-refractivity contribution in [2.45, 2.75) is 19.0 Å². The number of aromatic nitrogens is 2. The van der Waals surface area contributed by atoms with E-state index in [9.17, 15) is 9.18 Å². The molecule has 2 aromatic rings. The summed E-state index contributed by atoms with van der Waals surface area (Å²) in [4.78, 5) is 25.2. The predicted octanol–water partition coefficient (Wildman–Crippen LogP) is 3.00. The van der Waals surface area contributed by atoms with Crippen molar-refractivity contribution in [2.24, 2.45) is 0 Å². The molecule has 1 aliphatic rings. The molecule has 1 aromatic carbocycles. The van der Waals surface area contributed by atoms with Crippen LogP contribution in [0.3, 0.4) is 0 Å². The highest BCUT2D eigenvalue weighted by Gasteiger charge is 2.24. The lowest BCUT2D eigenvalue weighted by Gasteiger charge is -2.36. The van der Waals surface area contributed by atoms with Gasteiger partial charge in [0.2, 0.25) is 0 Å². The number of thioether (sulfide) groups is 1. The van der Waals surface area contributed by atoms with Crippen LogP contribution in [-0.2, 0) is 0 Å². The van der Waals surface area contributed by atoms with Crippen LogP contribution in [0, 0.1) is 12.7 Å². The van der Waals surface area contributed by atoms with Gasteiger partial charge < -0.3 is 9.80 Å². The Morgan fingerprint density at radius 2 is 1.92 bits per heavy atom. The van der Waals surface area contributed by atoms with E-state index >= 15 is 0 Å². The number of hydrogen-bond acceptors (Lipinski definition) is 5. The molecule has 2 heterocycles. The van der Waals surface area contributed by atoms with Crippen LogP contribution in [0.1, 0.15) is 23.1 Å². The van der Waals surface area contributed by atoms with E-state index in [2.05, 4.69) is 9.97 Å². The summed E-state index contributed by atoms with van der Waals surface area (Å²) in [5, 5.41) is 0.635. The van der Waals surface area contributed by atoms with Crippen LogP contribution in [0.15, 0.2) is 35.5 Å². The minimum atomic E-state index is -0.227. The van der Waals surface area contributed by atoms with Crippen molar-refractivity contribution in [3.8, 4) is 0 Å². The Morgan fingerprint density at radius 3 is 2.60 bits per heavy atom. The summed E-state index contributed by atoms with van der Waals surface area (Å²) in [6.07, 6.45) is 0. The molecule has 0 N–H and O–H groups in total. The van der Waals surface area contributed by atoms with E-state index < -0.39 is 0 Å². The molecule has 132 valence electrons. The maximum atomic E-state index is 13.9. The highest BCUT2D eigenvalue weighted by Crippen LogP contribution is 2.21. The van der Waals surface area contributed by atoms with E-state index in [1.54, 1.807) is 23.1 Å². The number of aryl methyl sites for hydroxylation is 1. The van der Waals surface area contributed by atoms with E-state index in [1.165, 1.54) is 17.8 Å². The van der Waals surface area contributed by atoms with Gasteiger partial charge in [-0.1, -0.05) is 30.8 Å². The van der Waals surface area contributed by atoms with Gasteiger partial charge in [-0.2, -0.15) is 0 Å². The van der Waals surface area contributed by atoms with Gasteiger partial charge in [0, 0.05) is 31.9 Å². The molecule has 1 amide bonds. The van der Waals surface area contributed by atoms with E-state index in [0.717, 1.165) is 11.4 Å². The van der Waals surface area contributed by atoms with Crippen LogP contribution in [0.25, 0.3) is 0 Å². The van der Waals surface area contributed by atoms with Crippen LogP contribution in [0.5, 0.6) is 0 Å². The predicted molar refractivity (Wildman–Crippen MR) is 97.7 cm³/mol. The summed E-state index contributed by atoms with van der Waals surface area (Å²) in [5.74, 6) is 0.546. The Bertz CT molecular complexity index is 762. The molecular weight excluding hydrogens is 339 g/mol. The number of rotatable bonds is 4. The third-order valence-electron chi connectivity index (χ3n) is 4.09. The van der Waals surface area contributed by atoms with E-state index in [0.29, 0.717) is 42.7 Å². The molecule has 1 aliphatic heterocycles.